The molecule has 1 heterocycles. The average molecular weight is 263 g/mol. The maximum absolute atomic E-state index is 11.6. The summed E-state index contributed by atoms with van der Waals surface area (Å²) in [4.78, 5) is 11.6. The molecule has 1 aliphatic rings. The average Bonchev–Trinajstić information content (AvgIpc) is 2.46. The summed E-state index contributed by atoms with van der Waals surface area (Å²) in [6.45, 7) is 3.11. The van der Waals surface area contributed by atoms with Crippen molar-refractivity contribution < 1.29 is 14.6 Å². The standard InChI is InChI=1S/C15H21NO3/c1-2-13-10-15(14(17)18,8-9-19-13)16-11-12-6-4-3-5-7-12/h3-7,13,16H,2,8-11H2,1H3,(H,17,18). The first-order chi connectivity index (χ1) is 9.16. The van der Waals surface area contributed by atoms with Gasteiger partial charge in [-0.3, -0.25) is 10.1 Å². The van der Waals surface area contributed by atoms with Crippen LogP contribution in [0.4, 0.5) is 0 Å². The zero-order chi connectivity index (χ0) is 13.7. The molecule has 1 aromatic rings. The number of hydrogen-bond acceptors (Lipinski definition) is 3. The predicted molar refractivity (Wildman–Crippen MR) is 72.9 cm³/mol. The van der Waals surface area contributed by atoms with Crippen LogP contribution in [0.25, 0.3) is 0 Å². The van der Waals surface area contributed by atoms with Crippen molar-refractivity contribution in [1.29, 1.82) is 0 Å². The van der Waals surface area contributed by atoms with E-state index < -0.39 is 11.5 Å². The lowest BCUT2D eigenvalue weighted by Crippen LogP contribution is -2.57. The lowest BCUT2D eigenvalue weighted by Gasteiger charge is -2.38. The first-order valence-corrected chi connectivity index (χ1v) is 6.80. The molecular weight excluding hydrogens is 242 g/mol. The van der Waals surface area contributed by atoms with E-state index in [2.05, 4.69) is 5.32 Å². The van der Waals surface area contributed by atoms with E-state index in [9.17, 15) is 9.90 Å². The Balaban J connectivity index is 2.05. The molecule has 0 bridgehead atoms. The van der Waals surface area contributed by atoms with Gasteiger partial charge in [0.15, 0.2) is 0 Å². The molecule has 0 spiro atoms. The molecule has 4 heteroatoms. The van der Waals surface area contributed by atoms with Crippen LogP contribution in [0, 0.1) is 0 Å². The second-order valence-corrected chi connectivity index (χ2v) is 5.08. The molecule has 1 fully saturated rings. The summed E-state index contributed by atoms with van der Waals surface area (Å²) in [5.74, 6) is -0.773. The van der Waals surface area contributed by atoms with Crippen molar-refractivity contribution in [2.24, 2.45) is 0 Å². The number of nitrogens with one attached hydrogen (secondary N) is 1. The van der Waals surface area contributed by atoms with Crippen LogP contribution in [-0.4, -0.2) is 29.3 Å². The Bertz CT molecular complexity index is 421. The van der Waals surface area contributed by atoms with Gasteiger partial charge < -0.3 is 9.84 Å². The van der Waals surface area contributed by atoms with E-state index >= 15 is 0 Å². The highest BCUT2D eigenvalue weighted by molar-refractivity contribution is 5.79. The topological polar surface area (TPSA) is 58.6 Å². The minimum absolute atomic E-state index is 0.0353. The summed E-state index contributed by atoms with van der Waals surface area (Å²) in [6, 6.07) is 9.88. The fraction of sp³-hybridized carbons (Fsp3) is 0.533. The minimum atomic E-state index is -0.852. The number of ether oxygens (including phenoxy) is 1. The second-order valence-electron chi connectivity index (χ2n) is 5.08. The van der Waals surface area contributed by atoms with Crippen molar-refractivity contribution in [2.45, 2.75) is 44.4 Å². The quantitative estimate of drug-likeness (QED) is 0.855. The van der Waals surface area contributed by atoms with Crippen LogP contribution < -0.4 is 5.32 Å². The van der Waals surface area contributed by atoms with Gasteiger partial charge >= 0.3 is 5.97 Å². The second kappa shape index (κ2) is 6.17. The van der Waals surface area contributed by atoms with Gasteiger partial charge in [-0.1, -0.05) is 37.3 Å². The molecule has 1 saturated heterocycles. The van der Waals surface area contributed by atoms with Crippen molar-refractivity contribution in [3.63, 3.8) is 0 Å². The van der Waals surface area contributed by atoms with E-state index in [1.165, 1.54) is 0 Å². The third kappa shape index (κ3) is 3.33. The number of carbonyl (C=O) groups is 1. The molecule has 2 unspecified atom stereocenters. The molecule has 0 aliphatic carbocycles. The van der Waals surface area contributed by atoms with Crippen LogP contribution in [0.5, 0.6) is 0 Å². The van der Waals surface area contributed by atoms with Gasteiger partial charge in [0, 0.05) is 19.6 Å². The first-order valence-electron chi connectivity index (χ1n) is 6.80. The van der Waals surface area contributed by atoms with Crippen molar-refractivity contribution in [2.75, 3.05) is 6.61 Å². The highest BCUT2D eigenvalue weighted by Crippen LogP contribution is 2.27. The summed E-state index contributed by atoms with van der Waals surface area (Å²) in [7, 11) is 0. The third-order valence-electron chi connectivity index (χ3n) is 3.80. The number of rotatable bonds is 5. The summed E-state index contributed by atoms with van der Waals surface area (Å²) < 4.78 is 5.58. The Kier molecular flexibility index (Phi) is 4.56. The van der Waals surface area contributed by atoms with E-state index in [0.717, 1.165) is 12.0 Å². The van der Waals surface area contributed by atoms with Gasteiger partial charge in [-0.05, 0) is 18.4 Å². The lowest BCUT2D eigenvalue weighted by molar-refractivity contribution is -0.152. The van der Waals surface area contributed by atoms with E-state index in [4.69, 9.17) is 4.74 Å². The Morgan fingerprint density at radius 2 is 2.21 bits per heavy atom. The maximum Gasteiger partial charge on any atom is 0.324 e. The Hall–Kier alpha value is -1.39. The van der Waals surface area contributed by atoms with Crippen molar-refractivity contribution in [3.05, 3.63) is 35.9 Å². The largest absolute Gasteiger partial charge is 0.480 e. The fourth-order valence-corrected chi connectivity index (χ4v) is 2.51. The molecule has 19 heavy (non-hydrogen) atoms. The monoisotopic (exact) mass is 263 g/mol. The smallest absolute Gasteiger partial charge is 0.324 e. The van der Waals surface area contributed by atoms with E-state index in [-0.39, 0.29) is 6.10 Å². The SMILES string of the molecule is CCC1CC(NCc2ccccc2)(C(=O)O)CCO1. The van der Waals surface area contributed by atoms with Gasteiger partial charge in [0.1, 0.15) is 5.54 Å². The zero-order valence-electron chi connectivity index (χ0n) is 11.3. The van der Waals surface area contributed by atoms with E-state index in [1.54, 1.807) is 0 Å². The number of aliphatic carboxylic acids is 1. The highest BCUT2D eigenvalue weighted by atomic mass is 16.5. The molecule has 1 aliphatic heterocycles. The van der Waals surface area contributed by atoms with Crippen LogP contribution in [0.3, 0.4) is 0 Å². The van der Waals surface area contributed by atoms with Crippen LogP contribution in [0.2, 0.25) is 0 Å². The van der Waals surface area contributed by atoms with Gasteiger partial charge in [0.05, 0.1) is 6.10 Å². The summed E-state index contributed by atoms with van der Waals surface area (Å²) >= 11 is 0. The fourth-order valence-electron chi connectivity index (χ4n) is 2.51. The van der Waals surface area contributed by atoms with Gasteiger partial charge in [-0.25, -0.2) is 0 Å². The molecule has 0 aromatic heterocycles. The van der Waals surface area contributed by atoms with Crippen LogP contribution in [0.1, 0.15) is 31.7 Å². The molecule has 0 saturated carbocycles. The van der Waals surface area contributed by atoms with Gasteiger partial charge in [0.2, 0.25) is 0 Å². The molecule has 2 rings (SSSR count). The molecule has 1 aromatic carbocycles. The molecule has 0 amide bonds. The predicted octanol–water partition coefficient (Wildman–Crippen LogP) is 2.19. The van der Waals surface area contributed by atoms with Crippen molar-refractivity contribution in [3.8, 4) is 0 Å². The summed E-state index contributed by atoms with van der Waals surface area (Å²) in [6.07, 6.45) is 1.94. The number of benzene rings is 1. The number of carboxylic acid groups (broad SMARTS) is 1. The van der Waals surface area contributed by atoms with Crippen LogP contribution in [0.15, 0.2) is 30.3 Å². The number of hydrogen-bond donors (Lipinski definition) is 2. The first kappa shape index (κ1) is 14.0. The molecule has 0 radical (unpaired) electrons. The molecular formula is C15H21NO3. The normalized spacial score (nSPS) is 27.1. The molecule has 4 nitrogen and oxygen atoms in total. The Labute approximate surface area is 113 Å². The van der Waals surface area contributed by atoms with Gasteiger partial charge in [0.25, 0.3) is 0 Å². The summed E-state index contributed by atoms with van der Waals surface area (Å²) in [5.41, 5.74) is 0.247. The van der Waals surface area contributed by atoms with Crippen LogP contribution in [-0.2, 0) is 16.1 Å². The Morgan fingerprint density at radius 1 is 1.47 bits per heavy atom. The minimum Gasteiger partial charge on any atom is -0.480 e. The molecule has 104 valence electrons. The molecule has 2 N–H and O–H groups in total. The Morgan fingerprint density at radius 3 is 2.84 bits per heavy atom. The van der Waals surface area contributed by atoms with Crippen molar-refractivity contribution in [1.82, 2.24) is 5.32 Å². The van der Waals surface area contributed by atoms with E-state index in [0.29, 0.717) is 26.0 Å². The third-order valence-corrected chi connectivity index (χ3v) is 3.80. The van der Waals surface area contributed by atoms with E-state index in [1.807, 2.05) is 37.3 Å². The highest BCUT2D eigenvalue weighted by Gasteiger charge is 2.42. The van der Waals surface area contributed by atoms with Crippen molar-refractivity contribution >= 4 is 5.97 Å². The zero-order valence-corrected chi connectivity index (χ0v) is 11.3. The maximum atomic E-state index is 11.6. The molecule has 2 atom stereocenters. The van der Waals surface area contributed by atoms with Crippen LogP contribution >= 0.6 is 0 Å². The number of carboxylic acids is 1. The van der Waals surface area contributed by atoms with Gasteiger partial charge in [-0.2, -0.15) is 0 Å². The lowest BCUT2D eigenvalue weighted by atomic mass is 9.85. The summed E-state index contributed by atoms with van der Waals surface area (Å²) in [5, 5.41) is 12.8. The van der Waals surface area contributed by atoms with Gasteiger partial charge in [-0.15, -0.1) is 0 Å².